The van der Waals surface area contributed by atoms with Crippen molar-refractivity contribution in [3.05, 3.63) is 34.3 Å². The van der Waals surface area contributed by atoms with E-state index in [0.717, 1.165) is 10.0 Å². The third kappa shape index (κ3) is 6.38. The van der Waals surface area contributed by atoms with Crippen LogP contribution in [0.25, 0.3) is 0 Å². The second-order valence-electron chi connectivity index (χ2n) is 5.62. The van der Waals surface area contributed by atoms with Crippen LogP contribution in [0.5, 0.6) is 0 Å². The van der Waals surface area contributed by atoms with Gasteiger partial charge in [0, 0.05) is 15.8 Å². The second kappa shape index (κ2) is 8.17. The van der Waals surface area contributed by atoms with Gasteiger partial charge in [-0.15, -0.1) is 4.72 Å². The number of hydrogen-bond donors (Lipinski definition) is 1. The van der Waals surface area contributed by atoms with Crippen LogP contribution in [0.3, 0.4) is 0 Å². The van der Waals surface area contributed by atoms with Crippen molar-refractivity contribution in [2.75, 3.05) is 6.61 Å². The number of carbonyl (C=O) groups excluding carboxylic acids is 1. The summed E-state index contributed by atoms with van der Waals surface area (Å²) >= 11 is 2.15. The van der Waals surface area contributed by atoms with E-state index in [1.54, 1.807) is 6.92 Å². The van der Waals surface area contributed by atoms with Crippen molar-refractivity contribution in [1.29, 1.82) is 0 Å². The van der Waals surface area contributed by atoms with E-state index < -0.39 is 16.1 Å². The largest absolute Gasteiger partial charge is 0.598 e. The molecule has 1 N–H and O–H groups in total. The Hall–Kier alpha value is -0.560. The van der Waals surface area contributed by atoms with E-state index in [9.17, 15) is 9.35 Å². The molecule has 0 saturated heterocycles. The molecular formula is C15H22BrNO3S. The van der Waals surface area contributed by atoms with Gasteiger partial charge < -0.3 is 9.29 Å². The van der Waals surface area contributed by atoms with Crippen LogP contribution in [-0.4, -0.2) is 21.9 Å². The third-order valence-electron chi connectivity index (χ3n) is 2.73. The van der Waals surface area contributed by atoms with Gasteiger partial charge in [0.1, 0.15) is 4.75 Å². The third-order valence-corrected chi connectivity index (χ3v) is 4.84. The Labute approximate surface area is 138 Å². The van der Waals surface area contributed by atoms with Crippen molar-refractivity contribution in [1.82, 2.24) is 4.72 Å². The summed E-state index contributed by atoms with van der Waals surface area (Å²) in [6.45, 7) is 7.77. The lowest BCUT2D eigenvalue weighted by molar-refractivity contribution is -0.143. The van der Waals surface area contributed by atoms with E-state index in [4.69, 9.17) is 4.74 Å². The minimum Gasteiger partial charge on any atom is -0.598 e. The maximum atomic E-state index is 12.3. The number of halogens is 1. The first-order valence-electron chi connectivity index (χ1n) is 6.83. The highest BCUT2D eigenvalue weighted by molar-refractivity contribution is 9.10. The summed E-state index contributed by atoms with van der Waals surface area (Å²) < 4.78 is 20.9. The zero-order chi connectivity index (χ0) is 16.0. The smallest absolute Gasteiger partial charge is 0.307 e. The van der Waals surface area contributed by atoms with E-state index in [2.05, 4.69) is 20.7 Å². The highest BCUT2D eigenvalue weighted by Crippen LogP contribution is 2.25. The van der Waals surface area contributed by atoms with Crippen LogP contribution in [0.1, 0.15) is 45.7 Å². The Morgan fingerprint density at radius 3 is 2.67 bits per heavy atom. The minimum atomic E-state index is -1.27. The lowest BCUT2D eigenvalue weighted by atomic mass is 10.1. The summed E-state index contributed by atoms with van der Waals surface area (Å²) in [7, 11) is 0. The molecule has 0 heterocycles. The zero-order valence-corrected chi connectivity index (χ0v) is 15.2. The lowest BCUT2D eigenvalue weighted by Crippen LogP contribution is -2.42. The summed E-state index contributed by atoms with van der Waals surface area (Å²) in [6.07, 6.45) is 0.145. The van der Waals surface area contributed by atoms with E-state index in [0.29, 0.717) is 6.61 Å². The molecule has 0 fully saturated rings. The maximum Gasteiger partial charge on any atom is 0.307 e. The van der Waals surface area contributed by atoms with Crippen molar-refractivity contribution in [2.45, 2.75) is 44.9 Å². The number of nitrogens with one attached hydrogen (secondary N) is 1. The highest BCUT2D eigenvalue weighted by Gasteiger charge is 2.31. The van der Waals surface area contributed by atoms with Gasteiger partial charge in [-0.1, -0.05) is 28.1 Å². The van der Waals surface area contributed by atoms with Crippen molar-refractivity contribution in [3.63, 3.8) is 0 Å². The molecule has 6 heteroatoms. The van der Waals surface area contributed by atoms with Crippen LogP contribution in [0, 0.1) is 0 Å². The Morgan fingerprint density at radius 2 is 2.14 bits per heavy atom. The van der Waals surface area contributed by atoms with Crippen molar-refractivity contribution < 1.29 is 14.1 Å². The standard InChI is InChI=1S/C15H22BrNO3S/c1-5-20-14(18)10-13(17-21(19)15(2,3)4)11-7-6-8-12(16)9-11/h6-9,13,17H,5,10H2,1-4H3. The molecule has 0 aliphatic carbocycles. The van der Waals surface area contributed by atoms with Gasteiger partial charge in [-0.05, 0) is 45.4 Å². The highest BCUT2D eigenvalue weighted by atomic mass is 79.9. The maximum absolute atomic E-state index is 12.3. The SMILES string of the molecule is CCOC(=O)CC(N[S+]([O-])C(C)(C)C)c1cccc(Br)c1. The molecular weight excluding hydrogens is 354 g/mol. The minimum absolute atomic E-state index is 0.145. The molecule has 1 aromatic rings. The van der Waals surface area contributed by atoms with E-state index in [1.165, 1.54) is 0 Å². The van der Waals surface area contributed by atoms with Gasteiger partial charge in [-0.3, -0.25) is 4.79 Å². The Balaban J connectivity index is 2.92. The second-order valence-corrected chi connectivity index (χ2v) is 8.53. The molecule has 0 aliphatic heterocycles. The first kappa shape index (κ1) is 18.5. The Kier molecular flexibility index (Phi) is 7.20. The number of ether oxygens (including phenoxy) is 1. The zero-order valence-electron chi connectivity index (χ0n) is 12.8. The Bertz CT molecular complexity index is 476. The van der Waals surface area contributed by atoms with Gasteiger partial charge in [-0.25, -0.2) is 0 Å². The molecule has 1 rings (SSSR count). The summed E-state index contributed by atoms with van der Waals surface area (Å²) in [4.78, 5) is 11.8. The summed E-state index contributed by atoms with van der Waals surface area (Å²) in [6, 6.07) is 7.27. The molecule has 118 valence electrons. The van der Waals surface area contributed by atoms with Gasteiger partial charge in [0.05, 0.1) is 19.1 Å². The number of benzene rings is 1. The molecule has 2 atom stereocenters. The van der Waals surface area contributed by atoms with Crippen molar-refractivity contribution in [3.8, 4) is 0 Å². The summed E-state index contributed by atoms with van der Waals surface area (Å²) in [5.74, 6) is -0.305. The predicted octanol–water partition coefficient (Wildman–Crippen LogP) is 3.50. The van der Waals surface area contributed by atoms with E-state index >= 15 is 0 Å². The molecule has 0 saturated carbocycles. The topological polar surface area (TPSA) is 61.4 Å². The number of rotatable bonds is 6. The van der Waals surface area contributed by atoms with Gasteiger partial charge in [0.25, 0.3) is 0 Å². The average Bonchev–Trinajstić information content (AvgIpc) is 2.37. The summed E-state index contributed by atoms with van der Waals surface area (Å²) in [5.41, 5.74) is 0.898. The van der Waals surface area contributed by atoms with Gasteiger partial charge in [0.15, 0.2) is 0 Å². The lowest BCUT2D eigenvalue weighted by Gasteiger charge is -2.28. The van der Waals surface area contributed by atoms with Crippen LogP contribution < -0.4 is 4.72 Å². The van der Waals surface area contributed by atoms with E-state index in [1.807, 2.05) is 45.0 Å². The van der Waals surface area contributed by atoms with Crippen LogP contribution >= 0.6 is 15.9 Å². The molecule has 21 heavy (non-hydrogen) atoms. The van der Waals surface area contributed by atoms with Gasteiger partial charge in [0.2, 0.25) is 0 Å². The van der Waals surface area contributed by atoms with Crippen LogP contribution in [-0.2, 0) is 20.9 Å². The molecule has 2 unspecified atom stereocenters. The molecule has 0 spiro atoms. The quantitative estimate of drug-likeness (QED) is 0.610. The number of carbonyl (C=O) groups is 1. The molecule has 0 aromatic heterocycles. The van der Waals surface area contributed by atoms with Crippen LogP contribution in [0.4, 0.5) is 0 Å². The van der Waals surface area contributed by atoms with E-state index in [-0.39, 0.29) is 18.4 Å². The molecule has 0 bridgehead atoms. The average molecular weight is 376 g/mol. The fraction of sp³-hybridized carbons (Fsp3) is 0.533. The fourth-order valence-corrected chi connectivity index (χ4v) is 2.89. The van der Waals surface area contributed by atoms with Gasteiger partial charge >= 0.3 is 5.97 Å². The molecule has 0 amide bonds. The molecule has 0 aliphatic rings. The number of hydrogen-bond acceptors (Lipinski definition) is 4. The predicted molar refractivity (Wildman–Crippen MR) is 89.2 cm³/mol. The monoisotopic (exact) mass is 375 g/mol. The first-order chi connectivity index (χ1) is 9.74. The van der Waals surface area contributed by atoms with Crippen molar-refractivity contribution in [2.24, 2.45) is 0 Å². The normalized spacial score (nSPS) is 14.6. The first-order valence-corrected chi connectivity index (χ1v) is 8.77. The molecule has 1 aromatic carbocycles. The van der Waals surface area contributed by atoms with Crippen molar-refractivity contribution >= 4 is 33.3 Å². The van der Waals surface area contributed by atoms with Gasteiger partial charge in [-0.2, -0.15) is 0 Å². The molecule has 4 nitrogen and oxygen atoms in total. The number of esters is 1. The van der Waals surface area contributed by atoms with Crippen LogP contribution in [0.2, 0.25) is 0 Å². The molecule has 0 radical (unpaired) electrons. The van der Waals surface area contributed by atoms with Crippen LogP contribution in [0.15, 0.2) is 28.7 Å². The Morgan fingerprint density at radius 1 is 1.48 bits per heavy atom. The summed E-state index contributed by atoms with van der Waals surface area (Å²) in [5, 5.41) is 0. The fourth-order valence-electron chi connectivity index (χ4n) is 1.64.